The van der Waals surface area contributed by atoms with E-state index in [9.17, 15) is 9.90 Å². The Bertz CT molecular complexity index is 552. The lowest BCUT2D eigenvalue weighted by atomic mass is 10.00. The molecule has 4 nitrogen and oxygen atoms in total. The summed E-state index contributed by atoms with van der Waals surface area (Å²) in [5.41, 5.74) is 0. The van der Waals surface area contributed by atoms with E-state index in [1.807, 2.05) is 0 Å². The molecule has 0 aromatic heterocycles. The van der Waals surface area contributed by atoms with Gasteiger partial charge in [-0.05, 0) is 30.9 Å². The fourth-order valence-corrected chi connectivity index (χ4v) is 3.59. The van der Waals surface area contributed by atoms with Gasteiger partial charge in [-0.25, -0.2) is 0 Å². The maximum Gasteiger partial charge on any atom is 0.260 e. The van der Waals surface area contributed by atoms with Crippen molar-refractivity contribution in [3.8, 4) is 5.75 Å². The number of likely N-dealkylation sites (tertiary alicyclic amines) is 1. The van der Waals surface area contributed by atoms with Crippen LogP contribution < -0.4 is 4.74 Å². The zero-order valence-corrected chi connectivity index (χ0v) is 13.0. The van der Waals surface area contributed by atoms with Gasteiger partial charge in [0.1, 0.15) is 5.75 Å². The van der Waals surface area contributed by atoms with Gasteiger partial charge >= 0.3 is 0 Å². The molecule has 1 saturated carbocycles. The van der Waals surface area contributed by atoms with Crippen LogP contribution >= 0.6 is 23.2 Å². The average molecular weight is 330 g/mol. The maximum atomic E-state index is 12.2. The van der Waals surface area contributed by atoms with E-state index in [1.54, 1.807) is 23.1 Å². The van der Waals surface area contributed by atoms with E-state index in [2.05, 4.69) is 0 Å². The molecule has 1 aliphatic heterocycles. The topological polar surface area (TPSA) is 49.8 Å². The Morgan fingerprint density at radius 1 is 1.33 bits per heavy atom. The molecule has 0 bridgehead atoms. The fourth-order valence-electron chi connectivity index (χ4n) is 3.26. The first-order chi connectivity index (χ1) is 10.0. The van der Waals surface area contributed by atoms with Crippen molar-refractivity contribution in [2.45, 2.75) is 18.9 Å². The molecular weight excluding hydrogens is 313 g/mol. The van der Waals surface area contributed by atoms with Gasteiger partial charge in [0.25, 0.3) is 5.91 Å². The summed E-state index contributed by atoms with van der Waals surface area (Å²) in [5.74, 6) is 0.993. The van der Waals surface area contributed by atoms with Crippen molar-refractivity contribution in [2.75, 3.05) is 19.7 Å². The lowest BCUT2D eigenvalue weighted by Gasteiger charge is -2.19. The first kappa shape index (κ1) is 14.9. The molecule has 2 aliphatic rings. The van der Waals surface area contributed by atoms with Gasteiger partial charge in [-0.1, -0.05) is 23.2 Å². The summed E-state index contributed by atoms with van der Waals surface area (Å²) in [6.45, 7) is 1.28. The van der Waals surface area contributed by atoms with E-state index in [0.29, 0.717) is 34.8 Å². The van der Waals surface area contributed by atoms with E-state index in [0.717, 1.165) is 12.8 Å². The Morgan fingerprint density at radius 3 is 2.90 bits per heavy atom. The fraction of sp³-hybridized carbons (Fsp3) is 0.533. The molecule has 6 heteroatoms. The number of ether oxygens (including phenoxy) is 1. The first-order valence-electron chi connectivity index (χ1n) is 7.08. The van der Waals surface area contributed by atoms with Gasteiger partial charge in [-0.3, -0.25) is 4.79 Å². The van der Waals surface area contributed by atoms with Crippen molar-refractivity contribution in [1.29, 1.82) is 0 Å². The predicted molar refractivity (Wildman–Crippen MR) is 80.8 cm³/mol. The lowest BCUT2D eigenvalue weighted by molar-refractivity contribution is -0.132. The van der Waals surface area contributed by atoms with Crippen LogP contribution in [0.3, 0.4) is 0 Å². The van der Waals surface area contributed by atoms with Gasteiger partial charge in [-0.2, -0.15) is 0 Å². The minimum absolute atomic E-state index is 0.0599. The van der Waals surface area contributed by atoms with Gasteiger partial charge in [0, 0.05) is 30.1 Å². The Balaban J connectivity index is 1.57. The second-order valence-corrected chi connectivity index (χ2v) is 6.57. The monoisotopic (exact) mass is 329 g/mol. The van der Waals surface area contributed by atoms with Gasteiger partial charge in [-0.15, -0.1) is 0 Å². The van der Waals surface area contributed by atoms with Crippen molar-refractivity contribution in [3.05, 3.63) is 28.2 Å². The van der Waals surface area contributed by atoms with Crippen molar-refractivity contribution < 1.29 is 14.6 Å². The molecule has 3 rings (SSSR count). The number of benzene rings is 1. The Labute approximate surface area is 133 Å². The summed E-state index contributed by atoms with van der Waals surface area (Å²) in [4.78, 5) is 14.0. The lowest BCUT2D eigenvalue weighted by Crippen LogP contribution is -2.34. The van der Waals surface area contributed by atoms with Crippen LogP contribution in [0.4, 0.5) is 0 Å². The summed E-state index contributed by atoms with van der Waals surface area (Å²) in [6.07, 6.45) is 1.58. The minimum Gasteiger partial charge on any atom is -0.482 e. The molecule has 1 aromatic rings. The molecule has 1 aliphatic carbocycles. The molecule has 1 heterocycles. The second-order valence-electron chi connectivity index (χ2n) is 5.73. The molecule has 1 amide bonds. The SMILES string of the molecule is O=C(COc1cc(Cl)ccc1Cl)N1CC2CCC(O)C2C1. The highest BCUT2D eigenvalue weighted by atomic mass is 35.5. The van der Waals surface area contributed by atoms with E-state index >= 15 is 0 Å². The summed E-state index contributed by atoms with van der Waals surface area (Å²) in [7, 11) is 0. The third kappa shape index (κ3) is 3.12. The predicted octanol–water partition coefficient (Wildman–Crippen LogP) is 2.60. The van der Waals surface area contributed by atoms with Crippen LogP contribution in [-0.4, -0.2) is 41.7 Å². The molecule has 1 aromatic carbocycles. The van der Waals surface area contributed by atoms with Gasteiger partial charge < -0.3 is 14.7 Å². The Hall–Kier alpha value is -0.970. The van der Waals surface area contributed by atoms with Gasteiger partial charge in [0.05, 0.1) is 11.1 Å². The van der Waals surface area contributed by atoms with Gasteiger partial charge in [0.15, 0.2) is 6.61 Å². The highest BCUT2D eigenvalue weighted by Crippen LogP contribution is 2.38. The molecule has 0 spiro atoms. The molecule has 3 atom stereocenters. The number of rotatable bonds is 3. The summed E-state index contributed by atoms with van der Waals surface area (Å²) >= 11 is 11.9. The van der Waals surface area contributed by atoms with Crippen LogP contribution in [0.1, 0.15) is 12.8 Å². The number of hydrogen-bond acceptors (Lipinski definition) is 3. The number of hydrogen-bond donors (Lipinski definition) is 1. The third-order valence-electron chi connectivity index (χ3n) is 4.42. The van der Waals surface area contributed by atoms with Crippen LogP contribution in [-0.2, 0) is 4.79 Å². The van der Waals surface area contributed by atoms with Crippen molar-refractivity contribution in [1.82, 2.24) is 4.90 Å². The van der Waals surface area contributed by atoms with Crippen molar-refractivity contribution in [2.24, 2.45) is 11.8 Å². The number of amides is 1. The Kier molecular flexibility index (Phi) is 4.29. The highest BCUT2D eigenvalue weighted by molar-refractivity contribution is 6.34. The smallest absolute Gasteiger partial charge is 0.260 e. The average Bonchev–Trinajstić information content (AvgIpc) is 3.02. The van der Waals surface area contributed by atoms with E-state index in [1.165, 1.54) is 0 Å². The van der Waals surface area contributed by atoms with Gasteiger partial charge in [0.2, 0.25) is 0 Å². The van der Waals surface area contributed by atoms with Crippen LogP contribution in [0.5, 0.6) is 5.75 Å². The summed E-state index contributed by atoms with van der Waals surface area (Å²) in [6, 6.07) is 4.90. The number of nitrogens with zero attached hydrogens (tertiary/aromatic N) is 1. The van der Waals surface area contributed by atoms with Crippen LogP contribution in [0.25, 0.3) is 0 Å². The molecule has 114 valence electrons. The van der Waals surface area contributed by atoms with Crippen molar-refractivity contribution >= 4 is 29.1 Å². The van der Waals surface area contributed by atoms with Crippen LogP contribution in [0, 0.1) is 11.8 Å². The molecule has 1 saturated heterocycles. The molecular formula is C15H17Cl2NO3. The number of fused-ring (bicyclic) bond motifs is 1. The zero-order chi connectivity index (χ0) is 15.0. The summed E-state index contributed by atoms with van der Waals surface area (Å²) in [5, 5.41) is 10.8. The maximum absolute atomic E-state index is 12.2. The number of carbonyl (C=O) groups excluding carboxylic acids is 1. The van der Waals surface area contributed by atoms with E-state index < -0.39 is 0 Å². The first-order valence-corrected chi connectivity index (χ1v) is 7.84. The quantitative estimate of drug-likeness (QED) is 0.927. The minimum atomic E-state index is -0.268. The third-order valence-corrected chi connectivity index (χ3v) is 4.96. The Morgan fingerprint density at radius 2 is 2.14 bits per heavy atom. The largest absolute Gasteiger partial charge is 0.482 e. The van der Waals surface area contributed by atoms with E-state index in [4.69, 9.17) is 27.9 Å². The van der Waals surface area contributed by atoms with Crippen LogP contribution in [0.15, 0.2) is 18.2 Å². The number of carbonyl (C=O) groups is 1. The molecule has 3 unspecified atom stereocenters. The molecule has 21 heavy (non-hydrogen) atoms. The zero-order valence-electron chi connectivity index (χ0n) is 11.5. The van der Waals surface area contributed by atoms with Crippen molar-refractivity contribution in [3.63, 3.8) is 0 Å². The second kappa shape index (κ2) is 6.03. The normalized spacial score (nSPS) is 27.8. The van der Waals surface area contributed by atoms with Crippen LogP contribution in [0.2, 0.25) is 10.0 Å². The molecule has 0 radical (unpaired) electrons. The summed E-state index contributed by atoms with van der Waals surface area (Å²) < 4.78 is 5.47. The number of aliphatic hydroxyl groups is 1. The number of halogens is 2. The number of aliphatic hydroxyl groups excluding tert-OH is 1. The standard InChI is InChI=1S/C15H17Cl2NO3/c16-10-2-3-12(17)14(5-10)21-8-15(20)18-6-9-1-4-13(19)11(9)7-18/h2-3,5,9,11,13,19H,1,4,6-8H2. The highest BCUT2D eigenvalue weighted by Gasteiger charge is 2.43. The molecule has 1 N–H and O–H groups in total. The molecule has 2 fully saturated rings. The van der Waals surface area contributed by atoms with E-state index in [-0.39, 0.29) is 24.5 Å².